The molecule has 6 nitrogen and oxygen atoms in total. The van der Waals surface area contributed by atoms with Gasteiger partial charge in [-0.05, 0) is 63.0 Å². The number of benzene rings is 1. The molecule has 1 aromatic heterocycles. The number of carbonyl (C=O) groups is 1. The van der Waals surface area contributed by atoms with Crippen LogP contribution in [-0.4, -0.2) is 46.9 Å². The lowest BCUT2D eigenvalue weighted by atomic mass is 9.99. The highest BCUT2D eigenvalue weighted by molar-refractivity contribution is 5.91. The summed E-state index contributed by atoms with van der Waals surface area (Å²) >= 11 is 0. The molecule has 0 atom stereocenters. The van der Waals surface area contributed by atoms with Crippen molar-refractivity contribution < 1.29 is 4.79 Å². The van der Waals surface area contributed by atoms with Gasteiger partial charge in [-0.15, -0.1) is 0 Å². The Hall–Kier alpha value is -2.34. The number of rotatable bonds is 6. The van der Waals surface area contributed by atoms with Crippen LogP contribution in [0, 0.1) is 5.92 Å². The van der Waals surface area contributed by atoms with Crippen LogP contribution in [-0.2, 0) is 0 Å². The van der Waals surface area contributed by atoms with Crippen LogP contribution in [0.1, 0.15) is 26.2 Å². The molecule has 1 aliphatic rings. The molecule has 2 aromatic rings. The molecule has 25 heavy (non-hydrogen) atoms. The Balaban J connectivity index is 1.43. The van der Waals surface area contributed by atoms with Crippen LogP contribution in [0.5, 0.6) is 0 Å². The molecule has 1 aliphatic heterocycles. The minimum absolute atomic E-state index is 0.174. The maximum Gasteiger partial charge on any atom is 0.319 e. The van der Waals surface area contributed by atoms with Crippen LogP contribution in [0.2, 0.25) is 0 Å². The third-order valence-corrected chi connectivity index (χ3v) is 4.72. The molecule has 0 spiro atoms. The minimum Gasteiger partial charge on any atom is -0.338 e. The van der Waals surface area contributed by atoms with Crippen molar-refractivity contribution in [1.82, 2.24) is 20.0 Å². The molecule has 0 bridgehead atoms. The average Bonchev–Trinajstić information content (AvgIpc) is 3.15. The first-order valence-electron chi connectivity index (χ1n) is 9.08. The van der Waals surface area contributed by atoms with Gasteiger partial charge in [0.2, 0.25) is 0 Å². The van der Waals surface area contributed by atoms with E-state index in [9.17, 15) is 4.79 Å². The maximum atomic E-state index is 12.2. The van der Waals surface area contributed by atoms with Crippen LogP contribution in [0.15, 0.2) is 42.7 Å². The third-order valence-electron chi connectivity index (χ3n) is 4.72. The Kier molecular flexibility index (Phi) is 6.06. The van der Waals surface area contributed by atoms with Crippen molar-refractivity contribution in [3.05, 3.63) is 42.7 Å². The zero-order valence-corrected chi connectivity index (χ0v) is 14.8. The first-order chi connectivity index (χ1) is 12.2. The van der Waals surface area contributed by atoms with E-state index in [0.717, 1.165) is 30.3 Å². The van der Waals surface area contributed by atoms with E-state index < -0.39 is 0 Å². The van der Waals surface area contributed by atoms with Crippen molar-refractivity contribution in [3.63, 3.8) is 0 Å². The number of anilines is 1. The Morgan fingerprint density at radius 3 is 2.80 bits per heavy atom. The fourth-order valence-corrected chi connectivity index (χ4v) is 3.15. The summed E-state index contributed by atoms with van der Waals surface area (Å²) in [5.74, 6) is 0.856. The number of hydrogen-bond acceptors (Lipinski definition) is 3. The van der Waals surface area contributed by atoms with E-state index in [4.69, 9.17) is 0 Å². The number of para-hydroxylation sites is 2. The summed E-state index contributed by atoms with van der Waals surface area (Å²) < 4.78 is 1.74. The van der Waals surface area contributed by atoms with Crippen molar-refractivity contribution in [2.75, 3.05) is 31.5 Å². The lowest BCUT2D eigenvalue weighted by Crippen LogP contribution is -2.36. The molecule has 0 saturated carbocycles. The highest BCUT2D eigenvalue weighted by Crippen LogP contribution is 2.19. The predicted octanol–water partition coefficient (Wildman–Crippen LogP) is 3.12. The second kappa shape index (κ2) is 8.67. The van der Waals surface area contributed by atoms with Crippen molar-refractivity contribution in [2.45, 2.75) is 26.2 Å². The molecule has 6 heteroatoms. The van der Waals surface area contributed by atoms with Crippen LogP contribution < -0.4 is 10.6 Å². The van der Waals surface area contributed by atoms with E-state index in [1.807, 2.05) is 36.5 Å². The smallest absolute Gasteiger partial charge is 0.319 e. The van der Waals surface area contributed by atoms with Gasteiger partial charge in [0.25, 0.3) is 0 Å². The van der Waals surface area contributed by atoms with Gasteiger partial charge in [-0.3, -0.25) is 0 Å². The molecule has 3 rings (SSSR count). The SMILES string of the molecule is CC1CCN(CCCNC(=O)Nc2ccccc2-n2cccn2)CC1. The summed E-state index contributed by atoms with van der Waals surface area (Å²) in [4.78, 5) is 14.7. The zero-order valence-electron chi connectivity index (χ0n) is 14.8. The number of piperidine rings is 1. The molecule has 1 saturated heterocycles. The molecular weight excluding hydrogens is 314 g/mol. The van der Waals surface area contributed by atoms with Gasteiger partial charge in [-0.25, -0.2) is 9.48 Å². The third kappa shape index (κ3) is 5.06. The number of likely N-dealkylation sites (tertiary alicyclic amines) is 1. The molecule has 0 radical (unpaired) electrons. The Bertz CT molecular complexity index is 662. The fourth-order valence-electron chi connectivity index (χ4n) is 3.15. The molecule has 2 heterocycles. The van der Waals surface area contributed by atoms with Gasteiger partial charge in [0.05, 0.1) is 11.4 Å². The molecule has 0 aliphatic carbocycles. The highest BCUT2D eigenvalue weighted by Gasteiger charge is 2.15. The summed E-state index contributed by atoms with van der Waals surface area (Å²) in [5.41, 5.74) is 1.60. The van der Waals surface area contributed by atoms with Crippen molar-refractivity contribution in [1.29, 1.82) is 0 Å². The van der Waals surface area contributed by atoms with E-state index in [0.29, 0.717) is 6.54 Å². The van der Waals surface area contributed by atoms with Crippen LogP contribution in [0.25, 0.3) is 5.69 Å². The largest absolute Gasteiger partial charge is 0.338 e. The van der Waals surface area contributed by atoms with Crippen LogP contribution in [0.3, 0.4) is 0 Å². The normalized spacial score (nSPS) is 15.9. The molecule has 1 fully saturated rings. The second-order valence-electron chi connectivity index (χ2n) is 6.73. The number of nitrogens with zero attached hydrogens (tertiary/aromatic N) is 3. The van der Waals surface area contributed by atoms with E-state index in [-0.39, 0.29) is 6.03 Å². The molecule has 1 aromatic carbocycles. The standard InChI is InChI=1S/C19H27N5O/c1-16-8-14-23(15-9-16)12-4-10-20-19(25)22-17-6-2-3-7-18(17)24-13-5-11-21-24/h2-3,5-7,11,13,16H,4,8-10,12,14-15H2,1H3,(H2,20,22,25). The first kappa shape index (κ1) is 17.5. The van der Waals surface area contributed by atoms with Crippen molar-refractivity contribution in [2.24, 2.45) is 5.92 Å². The summed E-state index contributed by atoms with van der Waals surface area (Å²) in [5, 5.41) is 10.1. The Morgan fingerprint density at radius 2 is 2.04 bits per heavy atom. The van der Waals surface area contributed by atoms with Gasteiger partial charge in [0.15, 0.2) is 0 Å². The van der Waals surface area contributed by atoms with E-state index in [1.165, 1.54) is 25.9 Å². The van der Waals surface area contributed by atoms with E-state index in [1.54, 1.807) is 10.9 Å². The lowest BCUT2D eigenvalue weighted by molar-refractivity contribution is 0.190. The highest BCUT2D eigenvalue weighted by atomic mass is 16.2. The molecule has 2 N–H and O–H groups in total. The summed E-state index contributed by atoms with van der Waals surface area (Å²) in [6.45, 7) is 6.43. The fraction of sp³-hybridized carbons (Fsp3) is 0.474. The maximum absolute atomic E-state index is 12.2. The quantitative estimate of drug-likeness (QED) is 0.794. The monoisotopic (exact) mass is 341 g/mol. The Labute approximate surface area is 149 Å². The zero-order chi connectivity index (χ0) is 17.5. The van der Waals surface area contributed by atoms with Gasteiger partial charge in [-0.1, -0.05) is 19.1 Å². The van der Waals surface area contributed by atoms with Gasteiger partial charge >= 0.3 is 6.03 Å². The number of urea groups is 1. The number of aromatic nitrogens is 2. The summed E-state index contributed by atoms with van der Waals surface area (Å²) in [6.07, 6.45) is 7.13. The van der Waals surface area contributed by atoms with Gasteiger partial charge < -0.3 is 15.5 Å². The van der Waals surface area contributed by atoms with Crippen LogP contribution >= 0.6 is 0 Å². The summed E-state index contributed by atoms with van der Waals surface area (Å²) in [6, 6.07) is 9.33. The molecule has 134 valence electrons. The van der Waals surface area contributed by atoms with E-state index >= 15 is 0 Å². The number of hydrogen-bond donors (Lipinski definition) is 2. The first-order valence-corrected chi connectivity index (χ1v) is 9.08. The number of nitrogens with one attached hydrogen (secondary N) is 2. The average molecular weight is 341 g/mol. The van der Waals surface area contributed by atoms with Crippen LogP contribution in [0.4, 0.5) is 10.5 Å². The Morgan fingerprint density at radius 1 is 1.24 bits per heavy atom. The van der Waals surface area contributed by atoms with Crippen molar-refractivity contribution >= 4 is 11.7 Å². The second-order valence-corrected chi connectivity index (χ2v) is 6.73. The number of carbonyl (C=O) groups excluding carboxylic acids is 1. The minimum atomic E-state index is -0.174. The topological polar surface area (TPSA) is 62.2 Å². The predicted molar refractivity (Wildman–Crippen MR) is 100 cm³/mol. The summed E-state index contributed by atoms with van der Waals surface area (Å²) in [7, 11) is 0. The molecular formula is C19H27N5O. The lowest BCUT2D eigenvalue weighted by Gasteiger charge is -2.30. The molecule has 2 amide bonds. The van der Waals surface area contributed by atoms with Gasteiger partial charge in [-0.2, -0.15) is 5.10 Å². The molecule has 0 unspecified atom stereocenters. The van der Waals surface area contributed by atoms with Gasteiger partial charge in [0, 0.05) is 18.9 Å². The van der Waals surface area contributed by atoms with E-state index in [2.05, 4.69) is 27.6 Å². The van der Waals surface area contributed by atoms with Crippen molar-refractivity contribution in [3.8, 4) is 5.69 Å². The number of amides is 2. The van der Waals surface area contributed by atoms with Gasteiger partial charge in [0.1, 0.15) is 0 Å².